The molecule has 0 aliphatic carbocycles. The van der Waals surface area contributed by atoms with Gasteiger partial charge in [-0.15, -0.1) is 0 Å². The topological polar surface area (TPSA) is 35.5 Å². The average Bonchev–Trinajstić information content (AvgIpc) is 2.54. The minimum Gasteiger partial charge on any atom is -0.493 e. The highest BCUT2D eigenvalue weighted by molar-refractivity contribution is 5.73. The monoisotopic (exact) mass is 306 g/mol. The SMILES string of the molecule is CCCCCCCCCCCC(=O)Oc1ccccc1OC. The lowest BCUT2D eigenvalue weighted by molar-refractivity contribution is -0.134. The molecule has 1 rings (SSSR count). The van der Waals surface area contributed by atoms with Gasteiger partial charge in [0.05, 0.1) is 7.11 Å². The van der Waals surface area contributed by atoms with Crippen LogP contribution in [0.3, 0.4) is 0 Å². The van der Waals surface area contributed by atoms with Crippen LogP contribution in [-0.2, 0) is 4.79 Å². The van der Waals surface area contributed by atoms with Crippen LogP contribution in [0.25, 0.3) is 0 Å². The van der Waals surface area contributed by atoms with Crippen LogP contribution in [0.1, 0.15) is 71.1 Å². The normalized spacial score (nSPS) is 10.5. The molecule has 0 saturated heterocycles. The van der Waals surface area contributed by atoms with Gasteiger partial charge in [-0.05, 0) is 18.6 Å². The lowest BCUT2D eigenvalue weighted by Crippen LogP contribution is -2.08. The molecule has 0 N–H and O–H groups in total. The quantitative estimate of drug-likeness (QED) is 0.290. The van der Waals surface area contributed by atoms with E-state index in [1.54, 1.807) is 19.2 Å². The van der Waals surface area contributed by atoms with Gasteiger partial charge in [0.25, 0.3) is 0 Å². The molecule has 0 amide bonds. The number of unbranched alkanes of at least 4 members (excludes halogenated alkanes) is 8. The van der Waals surface area contributed by atoms with Crippen molar-refractivity contribution in [1.82, 2.24) is 0 Å². The van der Waals surface area contributed by atoms with E-state index < -0.39 is 0 Å². The first-order valence-electron chi connectivity index (χ1n) is 8.61. The van der Waals surface area contributed by atoms with Crippen LogP contribution in [0, 0.1) is 0 Å². The van der Waals surface area contributed by atoms with E-state index in [4.69, 9.17) is 9.47 Å². The minimum absolute atomic E-state index is 0.174. The number of hydrogen-bond acceptors (Lipinski definition) is 3. The van der Waals surface area contributed by atoms with Crippen molar-refractivity contribution in [3.63, 3.8) is 0 Å². The molecule has 0 aromatic heterocycles. The minimum atomic E-state index is -0.174. The van der Waals surface area contributed by atoms with Gasteiger partial charge in [0.1, 0.15) is 0 Å². The Balaban J connectivity index is 2.06. The summed E-state index contributed by atoms with van der Waals surface area (Å²) in [5.41, 5.74) is 0. The predicted octanol–water partition coefficient (Wildman–Crippen LogP) is 5.52. The highest BCUT2D eigenvalue weighted by Gasteiger charge is 2.08. The molecule has 0 fully saturated rings. The molecular formula is C19H30O3. The van der Waals surface area contributed by atoms with Gasteiger partial charge >= 0.3 is 5.97 Å². The van der Waals surface area contributed by atoms with E-state index in [2.05, 4.69) is 6.92 Å². The van der Waals surface area contributed by atoms with E-state index in [-0.39, 0.29) is 5.97 Å². The summed E-state index contributed by atoms with van der Waals surface area (Å²) in [6.45, 7) is 2.24. The molecule has 0 aliphatic rings. The lowest BCUT2D eigenvalue weighted by Gasteiger charge is -2.08. The summed E-state index contributed by atoms with van der Waals surface area (Å²) in [5, 5.41) is 0. The van der Waals surface area contributed by atoms with E-state index in [0.29, 0.717) is 17.9 Å². The number of para-hydroxylation sites is 2. The van der Waals surface area contributed by atoms with Crippen molar-refractivity contribution in [3.05, 3.63) is 24.3 Å². The van der Waals surface area contributed by atoms with Crippen molar-refractivity contribution in [1.29, 1.82) is 0 Å². The number of esters is 1. The predicted molar refractivity (Wildman–Crippen MR) is 90.5 cm³/mol. The highest BCUT2D eigenvalue weighted by Crippen LogP contribution is 2.26. The second-order valence-electron chi connectivity index (χ2n) is 5.70. The van der Waals surface area contributed by atoms with Gasteiger partial charge in [-0.3, -0.25) is 4.79 Å². The smallest absolute Gasteiger partial charge is 0.311 e. The van der Waals surface area contributed by atoms with Crippen LogP contribution in [0.4, 0.5) is 0 Å². The molecule has 0 saturated carbocycles. The second kappa shape index (κ2) is 12.1. The third kappa shape index (κ3) is 8.06. The lowest BCUT2D eigenvalue weighted by atomic mass is 10.1. The van der Waals surface area contributed by atoms with Crippen molar-refractivity contribution in [2.75, 3.05) is 7.11 Å². The summed E-state index contributed by atoms with van der Waals surface area (Å²) in [7, 11) is 1.58. The van der Waals surface area contributed by atoms with Crippen molar-refractivity contribution in [2.24, 2.45) is 0 Å². The van der Waals surface area contributed by atoms with Crippen molar-refractivity contribution >= 4 is 5.97 Å². The Morgan fingerprint density at radius 2 is 1.41 bits per heavy atom. The Kier molecular flexibility index (Phi) is 10.2. The number of carbonyl (C=O) groups excluding carboxylic acids is 1. The van der Waals surface area contributed by atoms with Crippen molar-refractivity contribution in [2.45, 2.75) is 71.1 Å². The summed E-state index contributed by atoms with van der Waals surface area (Å²) in [4.78, 5) is 11.8. The van der Waals surface area contributed by atoms with E-state index in [9.17, 15) is 4.79 Å². The molecule has 0 aliphatic heterocycles. The molecule has 0 bridgehead atoms. The van der Waals surface area contributed by atoms with Gasteiger partial charge in [0.2, 0.25) is 0 Å². The van der Waals surface area contributed by atoms with E-state index in [1.165, 1.54) is 44.9 Å². The molecule has 0 heterocycles. The summed E-state index contributed by atoms with van der Waals surface area (Å²) in [6.07, 6.45) is 11.7. The largest absolute Gasteiger partial charge is 0.493 e. The summed E-state index contributed by atoms with van der Waals surface area (Å²) in [5.74, 6) is 0.932. The first-order chi connectivity index (χ1) is 10.8. The summed E-state index contributed by atoms with van der Waals surface area (Å²) >= 11 is 0. The van der Waals surface area contributed by atoms with Crippen LogP contribution in [0.15, 0.2) is 24.3 Å². The number of ether oxygens (including phenoxy) is 2. The number of rotatable bonds is 12. The zero-order valence-corrected chi connectivity index (χ0v) is 14.1. The third-order valence-electron chi connectivity index (χ3n) is 3.78. The Labute approximate surface area is 135 Å². The summed E-state index contributed by atoms with van der Waals surface area (Å²) in [6, 6.07) is 7.24. The maximum absolute atomic E-state index is 11.8. The van der Waals surface area contributed by atoms with Crippen LogP contribution >= 0.6 is 0 Å². The molecular weight excluding hydrogens is 276 g/mol. The number of hydrogen-bond donors (Lipinski definition) is 0. The maximum Gasteiger partial charge on any atom is 0.311 e. The highest BCUT2D eigenvalue weighted by atomic mass is 16.6. The van der Waals surface area contributed by atoms with Gasteiger partial charge in [0.15, 0.2) is 11.5 Å². The van der Waals surface area contributed by atoms with Gasteiger partial charge in [-0.2, -0.15) is 0 Å². The van der Waals surface area contributed by atoms with Gasteiger partial charge < -0.3 is 9.47 Å². The Morgan fingerprint density at radius 1 is 0.864 bits per heavy atom. The van der Waals surface area contributed by atoms with Crippen LogP contribution in [0.2, 0.25) is 0 Å². The Bertz CT molecular complexity index is 415. The number of methoxy groups -OCH3 is 1. The third-order valence-corrected chi connectivity index (χ3v) is 3.78. The first kappa shape index (κ1) is 18.5. The molecule has 0 spiro atoms. The van der Waals surface area contributed by atoms with E-state index >= 15 is 0 Å². The van der Waals surface area contributed by atoms with E-state index in [0.717, 1.165) is 12.8 Å². The zero-order chi connectivity index (χ0) is 16.0. The van der Waals surface area contributed by atoms with Gasteiger partial charge in [-0.25, -0.2) is 0 Å². The van der Waals surface area contributed by atoms with Crippen LogP contribution in [-0.4, -0.2) is 13.1 Å². The molecule has 124 valence electrons. The van der Waals surface area contributed by atoms with Crippen LogP contribution in [0.5, 0.6) is 11.5 Å². The molecule has 0 unspecified atom stereocenters. The second-order valence-corrected chi connectivity index (χ2v) is 5.70. The van der Waals surface area contributed by atoms with Gasteiger partial charge in [-0.1, -0.05) is 70.4 Å². The number of benzene rings is 1. The van der Waals surface area contributed by atoms with Gasteiger partial charge in [0, 0.05) is 6.42 Å². The molecule has 3 nitrogen and oxygen atoms in total. The molecule has 0 radical (unpaired) electrons. The maximum atomic E-state index is 11.8. The fourth-order valence-corrected chi connectivity index (χ4v) is 2.46. The molecule has 22 heavy (non-hydrogen) atoms. The first-order valence-corrected chi connectivity index (χ1v) is 8.61. The molecule has 1 aromatic carbocycles. The zero-order valence-electron chi connectivity index (χ0n) is 14.1. The molecule has 0 atom stereocenters. The van der Waals surface area contributed by atoms with Crippen molar-refractivity contribution < 1.29 is 14.3 Å². The standard InChI is InChI=1S/C19H30O3/c1-3-4-5-6-7-8-9-10-11-16-19(20)22-18-15-13-12-14-17(18)21-2/h12-15H,3-11,16H2,1-2H3. The Morgan fingerprint density at radius 3 is 2.00 bits per heavy atom. The molecule has 1 aromatic rings. The molecule has 3 heteroatoms. The Hall–Kier alpha value is -1.51. The fraction of sp³-hybridized carbons (Fsp3) is 0.632. The van der Waals surface area contributed by atoms with Crippen LogP contribution < -0.4 is 9.47 Å². The fourth-order valence-electron chi connectivity index (χ4n) is 2.46. The van der Waals surface area contributed by atoms with Crippen molar-refractivity contribution in [3.8, 4) is 11.5 Å². The average molecular weight is 306 g/mol. The van der Waals surface area contributed by atoms with E-state index in [1.807, 2.05) is 12.1 Å². The number of carbonyl (C=O) groups is 1. The summed E-state index contributed by atoms with van der Waals surface area (Å²) < 4.78 is 10.5.